The van der Waals surface area contributed by atoms with Crippen LogP contribution in [-0.4, -0.2) is 63.1 Å². The molecule has 3 aliphatic rings. The van der Waals surface area contributed by atoms with E-state index in [2.05, 4.69) is 19.6 Å². The molecule has 0 unspecified atom stereocenters. The molecule has 0 radical (unpaired) electrons. The summed E-state index contributed by atoms with van der Waals surface area (Å²) >= 11 is 1.26. The van der Waals surface area contributed by atoms with E-state index in [0.29, 0.717) is 36.3 Å². The Labute approximate surface area is 178 Å². The van der Waals surface area contributed by atoms with Gasteiger partial charge >= 0.3 is 0 Å². The van der Waals surface area contributed by atoms with Crippen molar-refractivity contribution in [2.45, 2.75) is 4.90 Å². The van der Waals surface area contributed by atoms with E-state index in [4.69, 9.17) is 4.74 Å². The van der Waals surface area contributed by atoms with Gasteiger partial charge in [0.25, 0.3) is 15.9 Å². The standard InChI is InChI=1S/C19H19N5O4S2/c25-18(21-17-4-2-14(12-20-17)23-5-8-28-9-6-23)13-1-3-15-16(11-13)29-19-22-30(26,27)10-7-24(15)19/h1-4,11-12H,5-10H2,(H,20,21,25). The number of ether oxygens (including phenoxy) is 1. The topological polar surface area (TPSA) is 104 Å². The van der Waals surface area contributed by atoms with Crippen molar-refractivity contribution < 1.29 is 17.9 Å². The molecule has 30 heavy (non-hydrogen) atoms. The number of nitrogens with one attached hydrogen (secondary N) is 1. The number of hydrogen-bond acceptors (Lipinski definition) is 8. The zero-order valence-electron chi connectivity index (χ0n) is 15.9. The van der Waals surface area contributed by atoms with Gasteiger partial charge in [-0.3, -0.25) is 4.79 Å². The number of pyridine rings is 1. The first-order chi connectivity index (χ1) is 14.5. The van der Waals surface area contributed by atoms with Crippen LogP contribution in [0.2, 0.25) is 0 Å². The third kappa shape index (κ3) is 3.75. The number of aromatic nitrogens is 1. The zero-order valence-corrected chi connectivity index (χ0v) is 17.6. The number of amidine groups is 1. The molecule has 0 atom stereocenters. The molecule has 156 valence electrons. The van der Waals surface area contributed by atoms with Crippen molar-refractivity contribution in [1.82, 2.24) is 4.98 Å². The van der Waals surface area contributed by atoms with Crippen LogP contribution in [0.25, 0.3) is 0 Å². The fourth-order valence-electron chi connectivity index (χ4n) is 3.53. The number of rotatable bonds is 3. The van der Waals surface area contributed by atoms with Gasteiger partial charge in [0, 0.05) is 30.1 Å². The van der Waals surface area contributed by atoms with Crippen molar-refractivity contribution in [3.8, 4) is 0 Å². The maximum atomic E-state index is 12.7. The number of carbonyl (C=O) groups excluding carboxylic acids is 1. The molecule has 9 nitrogen and oxygen atoms in total. The Bertz CT molecular complexity index is 1130. The van der Waals surface area contributed by atoms with Crippen LogP contribution in [0.5, 0.6) is 0 Å². The lowest BCUT2D eigenvalue weighted by atomic mass is 10.2. The minimum Gasteiger partial charge on any atom is -0.378 e. The van der Waals surface area contributed by atoms with Crippen LogP contribution in [0.15, 0.2) is 45.8 Å². The smallest absolute Gasteiger partial charge is 0.257 e. The number of fused-ring (bicyclic) bond motifs is 3. The first-order valence-corrected chi connectivity index (χ1v) is 11.9. The van der Waals surface area contributed by atoms with Crippen LogP contribution >= 0.6 is 11.8 Å². The lowest BCUT2D eigenvalue weighted by Gasteiger charge is -2.28. The molecule has 1 amide bonds. The first-order valence-electron chi connectivity index (χ1n) is 9.51. The van der Waals surface area contributed by atoms with Crippen LogP contribution < -0.4 is 15.1 Å². The average Bonchev–Trinajstić information content (AvgIpc) is 3.10. The predicted octanol–water partition coefficient (Wildman–Crippen LogP) is 1.78. The number of benzene rings is 1. The number of morpholine rings is 1. The molecule has 4 heterocycles. The summed E-state index contributed by atoms with van der Waals surface area (Å²) in [5, 5.41) is 3.25. The van der Waals surface area contributed by atoms with Crippen molar-refractivity contribution in [2.75, 3.05) is 53.7 Å². The number of nitrogens with zero attached hydrogens (tertiary/aromatic N) is 4. The van der Waals surface area contributed by atoms with Gasteiger partial charge in [0.1, 0.15) is 5.82 Å². The van der Waals surface area contributed by atoms with Crippen molar-refractivity contribution >= 4 is 50.1 Å². The number of anilines is 3. The summed E-state index contributed by atoms with van der Waals surface area (Å²) < 4.78 is 32.7. The van der Waals surface area contributed by atoms with Crippen molar-refractivity contribution in [2.24, 2.45) is 4.40 Å². The highest BCUT2D eigenvalue weighted by Gasteiger charge is 2.33. The van der Waals surface area contributed by atoms with Gasteiger partial charge in [0.2, 0.25) is 0 Å². The molecule has 0 saturated carbocycles. The fourth-order valence-corrected chi connectivity index (χ4v) is 5.83. The van der Waals surface area contributed by atoms with E-state index in [1.54, 1.807) is 24.4 Å². The van der Waals surface area contributed by atoms with E-state index in [1.165, 1.54) is 11.8 Å². The summed E-state index contributed by atoms with van der Waals surface area (Å²) in [6, 6.07) is 9.02. The maximum absolute atomic E-state index is 12.7. The van der Waals surface area contributed by atoms with Crippen LogP contribution in [0.4, 0.5) is 17.2 Å². The van der Waals surface area contributed by atoms with E-state index in [0.717, 1.165) is 29.4 Å². The molecule has 1 aromatic heterocycles. The number of thioether (sulfide) groups is 1. The summed E-state index contributed by atoms with van der Waals surface area (Å²) in [6.45, 7) is 3.41. The molecule has 0 bridgehead atoms. The normalized spacial score (nSPS) is 19.7. The Hall–Kier alpha value is -2.63. The molecule has 3 aliphatic heterocycles. The third-order valence-electron chi connectivity index (χ3n) is 5.10. The van der Waals surface area contributed by atoms with Crippen LogP contribution in [0, 0.1) is 0 Å². The van der Waals surface area contributed by atoms with Crippen LogP contribution in [0.3, 0.4) is 0 Å². The van der Waals surface area contributed by atoms with E-state index >= 15 is 0 Å². The molecule has 11 heteroatoms. The van der Waals surface area contributed by atoms with E-state index in [-0.39, 0.29) is 11.7 Å². The van der Waals surface area contributed by atoms with Crippen molar-refractivity contribution in [1.29, 1.82) is 0 Å². The molecule has 1 saturated heterocycles. The van der Waals surface area contributed by atoms with Gasteiger partial charge in [-0.2, -0.15) is 0 Å². The van der Waals surface area contributed by atoms with E-state index in [9.17, 15) is 13.2 Å². The van der Waals surface area contributed by atoms with E-state index in [1.807, 2.05) is 17.0 Å². The number of carbonyl (C=O) groups is 1. The Morgan fingerprint density at radius 2 is 1.97 bits per heavy atom. The van der Waals surface area contributed by atoms with Crippen LogP contribution in [0.1, 0.15) is 10.4 Å². The highest BCUT2D eigenvalue weighted by atomic mass is 32.2. The highest BCUT2D eigenvalue weighted by molar-refractivity contribution is 8.15. The second kappa shape index (κ2) is 7.56. The molecule has 0 spiro atoms. The van der Waals surface area contributed by atoms with Gasteiger partial charge in [-0.05, 0) is 42.1 Å². The summed E-state index contributed by atoms with van der Waals surface area (Å²) in [5.41, 5.74) is 2.35. The van der Waals surface area contributed by atoms with Crippen molar-refractivity contribution in [3.05, 3.63) is 42.1 Å². The fraction of sp³-hybridized carbons (Fsp3) is 0.316. The molecule has 2 aromatic rings. The zero-order chi connectivity index (χ0) is 20.7. The third-order valence-corrected chi connectivity index (χ3v) is 7.41. The van der Waals surface area contributed by atoms with Crippen LogP contribution in [-0.2, 0) is 14.8 Å². The summed E-state index contributed by atoms with van der Waals surface area (Å²) in [5.74, 6) is 0.188. The molecular weight excluding hydrogens is 426 g/mol. The second-order valence-corrected chi connectivity index (χ2v) is 9.82. The second-order valence-electron chi connectivity index (χ2n) is 7.05. The van der Waals surface area contributed by atoms with Gasteiger partial charge < -0.3 is 19.9 Å². The minimum absolute atomic E-state index is 0.00907. The number of hydrogen-bond donors (Lipinski definition) is 1. The Kier molecular flexibility index (Phi) is 4.88. The number of sulfonamides is 1. The van der Waals surface area contributed by atoms with Gasteiger partial charge in [-0.15, -0.1) is 4.40 Å². The maximum Gasteiger partial charge on any atom is 0.257 e. The average molecular weight is 446 g/mol. The lowest BCUT2D eigenvalue weighted by molar-refractivity contribution is 0.102. The Balaban J connectivity index is 1.30. The minimum atomic E-state index is -3.41. The predicted molar refractivity (Wildman–Crippen MR) is 116 cm³/mol. The molecule has 5 rings (SSSR count). The lowest BCUT2D eigenvalue weighted by Crippen LogP contribution is -2.36. The molecule has 0 aliphatic carbocycles. The summed E-state index contributed by atoms with van der Waals surface area (Å²) in [7, 11) is -3.41. The summed E-state index contributed by atoms with van der Waals surface area (Å²) in [4.78, 5) is 21.9. The van der Waals surface area contributed by atoms with Gasteiger partial charge in [0.15, 0.2) is 5.17 Å². The van der Waals surface area contributed by atoms with Gasteiger partial charge in [-0.25, -0.2) is 13.4 Å². The highest BCUT2D eigenvalue weighted by Crippen LogP contribution is 2.42. The number of amides is 1. The first kappa shape index (κ1) is 19.3. The monoisotopic (exact) mass is 445 g/mol. The Morgan fingerprint density at radius 3 is 2.73 bits per heavy atom. The SMILES string of the molecule is O=C(Nc1ccc(N2CCOCC2)cn1)c1ccc2c(c1)SC1=NS(=O)(=O)CCN12. The Morgan fingerprint density at radius 1 is 1.13 bits per heavy atom. The molecular formula is C19H19N5O4S2. The molecule has 1 aromatic carbocycles. The quantitative estimate of drug-likeness (QED) is 0.763. The molecule has 1 N–H and O–H groups in total. The largest absolute Gasteiger partial charge is 0.378 e. The molecule has 1 fully saturated rings. The van der Waals surface area contributed by atoms with Crippen molar-refractivity contribution in [3.63, 3.8) is 0 Å². The van der Waals surface area contributed by atoms with E-state index < -0.39 is 10.0 Å². The van der Waals surface area contributed by atoms with Gasteiger partial charge in [0.05, 0.1) is 36.5 Å². The van der Waals surface area contributed by atoms with Gasteiger partial charge in [-0.1, -0.05) is 0 Å². The summed E-state index contributed by atoms with van der Waals surface area (Å²) in [6.07, 6.45) is 1.75.